The van der Waals surface area contributed by atoms with Crippen LogP contribution < -0.4 is 9.47 Å². The van der Waals surface area contributed by atoms with Crippen molar-refractivity contribution in [1.82, 2.24) is 4.90 Å². The Hall–Kier alpha value is -1.36. The minimum atomic E-state index is 0.734. The van der Waals surface area contributed by atoms with E-state index in [1.165, 1.54) is 0 Å². The summed E-state index contributed by atoms with van der Waals surface area (Å²) in [5.74, 6) is 2.60. The van der Waals surface area contributed by atoms with Crippen LogP contribution in [0.4, 0.5) is 5.69 Å². The summed E-state index contributed by atoms with van der Waals surface area (Å²) < 4.78 is 10.5. The fourth-order valence-electron chi connectivity index (χ4n) is 1.58. The lowest BCUT2D eigenvalue weighted by molar-refractivity contribution is 0.395. The molecule has 0 radical (unpaired) electrons. The molecule has 1 aliphatic rings. The SMILES string of the molecule is COc1ccc(N=C2SCCN2C)c(OC)c1. The van der Waals surface area contributed by atoms with Gasteiger partial charge in [-0.25, -0.2) is 4.99 Å². The quantitative estimate of drug-likeness (QED) is 0.827. The Balaban J connectivity index is 2.32. The Morgan fingerprint density at radius 3 is 2.71 bits per heavy atom. The summed E-state index contributed by atoms with van der Waals surface area (Å²) in [6.07, 6.45) is 0. The van der Waals surface area contributed by atoms with Gasteiger partial charge in [0.05, 0.1) is 14.2 Å². The molecule has 92 valence electrons. The third-order valence-corrected chi connectivity index (χ3v) is 3.64. The molecule has 0 bridgehead atoms. The first-order chi connectivity index (χ1) is 8.24. The van der Waals surface area contributed by atoms with E-state index in [9.17, 15) is 0 Å². The van der Waals surface area contributed by atoms with Crippen LogP contribution in [0.15, 0.2) is 23.2 Å². The van der Waals surface area contributed by atoms with Crippen LogP contribution in [0.1, 0.15) is 0 Å². The van der Waals surface area contributed by atoms with E-state index in [1.54, 1.807) is 26.0 Å². The van der Waals surface area contributed by atoms with E-state index < -0.39 is 0 Å². The zero-order valence-electron chi connectivity index (χ0n) is 10.3. The van der Waals surface area contributed by atoms with E-state index in [0.717, 1.165) is 34.7 Å². The molecule has 2 rings (SSSR count). The average molecular weight is 252 g/mol. The van der Waals surface area contributed by atoms with E-state index >= 15 is 0 Å². The van der Waals surface area contributed by atoms with Crippen LogP contribution >= 0.6 is 11.8 Å². The van der Waals surface area contributed by atoms with Crippen LogP contribution in [0.3, 0.4) is 0 Å². The van der Waals surface area contributed by atoms with Gasteiger partial charge in [0.25, 0.3) is 0 Å². The first-order valence-corrected chi connectivity index (χ1v) is 6.38. The molecule has 0 unspecified atom stereocenters. The highest BCUT2D eigenvalue weighted by Crippen LogP contribution is 2.33. The van der Waals surface area contributed by atoms with E-state index in [1.807, 2.05) is 18.2 Å². The molecule has 0 spiro atoms. The van der Waals surface area contributed by atoms with Crippen molar-refractivity contribution in [2.24, 2.45) is 4.99 Å². The van der Waals surface area contributed by atoms with Crippen LogP contribution in [-0.2, 0) is 0 Å². The summed E-state index contributed by atoms with van der Waals surface area (Å²) in [7, 11) is 5.33. The van der Waals surface area contributed by atoms with Crippen molar-refractivity contribution in [3.05, 3.63) is 18.2 Å². The zero-order valence-corrected chi connectivity index (χ0v) is 11.1. The van der Waals surface area contributed by atoms with Crippen molar-refractivity contribution in [2.75, 3.05) is 33.6 Å². The van der Waals surface area contributed by atoms with Crippen molar-refractivity contribution in [1.29, 1.82) is 0 Å². The van der Waals surface area contributed by atoms with Gasteiger partial charge in [-0.15, -0.1) is 0 Å². The predicted molar refractivity (Wildman–Crippen MR) is 71.7 cm³/mol. The maximum Gasteiger partial charge on any atom is 0.164 e. The molecule has 0 aliphatic carbocycles. The lowest BCUT2D eigenvalue weighted by Crippen LogP contribution is -2.17. The van der Waals surface area contributed by atoms with Crippen molar-refractivity contribution >= 4 is 22.6 Å². The van der Waals surface area contributed by atoms with Crippen molar-refractivity contribution in [2.45, 2.75) is 0 Å². The van der Waals surface area contributed by atoms with Crippen molar-refractivity contribution < 1.29 is 9.47 Å². The average Bonchev–Trinajstić information content (AvgIpc) is 2.75. The highest BCUT2D eigenvalue weighted by Gasteiger charge is 2.16. The molecule has 1 heterocycles. The number of methoxy groups -OCH3 is 2. The van der Waals surface area contributed by atoms with Gasteiger partial charge in [0.1, 0.15) is 17.2 Å². The Labute approximate surface area is 106 Å². The second kappa shape index (κ2) is 5.31. The van der Waals surface area contributed by atoms with Gasteiger partial charge in [0.2, 0.25) is 0 Å². The molecule has 0 amide bonds. The molecule has 1 fully saturated rings. The topological polar surface area (TPSA) is 34.1 Å². The van der Waals surface area contributed by atoms with Gasteiger partial charge in [0.15, 0.2) is 5.17 Å². The lowest BCUT2D eigenvalue weighted by atomic mass is 10.3. The van der Waals surface area contributed by atoms with Crippen LogP contribution in [0, 0.1) is 0 Å². The van der Waals surface area contributed by atoms with Crippen LogP contribution in [0.2, 0.25) is 0 Å². The third kappa shape index (κ3) is 2.66. The van der Waals surface area contributed by atoms with Gasteiger partial charge in [-0.1, -0.05) is 11.8 Å². The van der Waals surface area contributed by atoms with Crippen molar-refractivity contribution in [3.63, 3.8) is 0 Å². The number of amidine groups is 1. The lowest BCUT2D eigenvalue weighted by Gasteiger charge is -2.11. The molecule has 1 aromatic carbocycles. The van der Waals surface area contributed by atoms with Gasteiger partial charge in [-0.3, -0.25) is 0 Å². The second-order valence-electron chi connectivity index (χ2n) is 3.70. The van der Waals surface area contributed by atoms with E-state index in [2.05, 4.69) is 16.9 Å². The minimum Gasteiger partial charge on any atom is -0.497 e. The smallest absolute Gasteiger partial charge is 0.164 e. The Bertz CT molecular complexity index is 435. The van der Waals surface area contributed by atoms with Crippen LogP contribution in [0.5, 0.6) is 11.5 Å². The predicted octanol–water partition coefficient (Wildman–Crippen LogP) is 2.37. The highest BCUT2D eigenvalue weighted by atomic mass is 32.2. The zero-order chi connectivity index (χ0) is 12.3. The van der Waals surface area contributed by atoms with Gasteiger partial charge >= 0.3 is 0 Å². The molecular weight excluding hydrogens is 236 g/mol. The number of rotatable bonds is 3. The van der Waals surface area contributed by atoms with Gasteiger partial charge in [0, 0.05) is 25.4 Å². The van der Waals surface area contributed by atoms with E-state index in [-0.39, 0.29) is 0 Å². The number of nitrogens with zero attached hydrogens (tertiary/aromatic N) is 2. The molecular formula is C12H16N2O2S. The molecule has 1 aromatic rings. The van der Waals surface area contributed by atoms with Gasteiger partial charge in [-0.05, 0) is 12.1 Å². The van der Waals surface area contributed by atoms with Gasteiger partial charge < -0.3 is 14.4 Å². The number of hydrogen-bond acceptors (Lipinski definition) is 4. The fourth-order valence-corrected chi connectivity index (χ4v) is 2.60. The minimum absolute atomic E-state index is 0.734. The van der Waals surface area contributed by atoms with Crippen molar-refractivity contribution in [3.8, 4) is 11.5 Å². The molecule has 4 nitrogen and oxygen atoms in total. The molecule has 1 saturated heterocycles. The maximum absolute atomic E-state index is 5.32. The summed E-state index contributed by atoms with van der Waals surface area (Å²) in [6, 6.07) is 5.65. The fraction of sp³-hybridized carbons (Fsp3) is 0.417. The molecule has 1 aliphatic heterocycles. The first kappa shape index (κ1) is 12.1. The number of thioether (sulfide) groups is 1. The first-order valence-electron chi connectivity index (χ1n) is 5.39. The number of ether oxygens (including phenoxy) is 2. The molecule has 0 aromatic heterocycles. The second-order valence-corrected chi connectivity index (χ2v) is 4.76. The normalized spacial score (nSPS) is 17.6. The third-order valence-electron chi connectivity index (χ3n) is 2.59. The number of benzene rings is 1. The molecule has 0 N–H and O–H groups in total. The maximum atomic E-state index is 5.32. The summed E-state index contributed by atoms with van der Waals surface area (Å²) in [6.45, 7) is 1.04. The molecule has 17 heavy (non-hydrogen) atoms. The molecule has 0 atom stereocenters. The Morgan fingerprint density at radius 1 is 1.29 bits per heavy atom. The summed E-state index contributed by atoms with van der Waals surface area (Å²) in [5, 5.41) is 1.04. The highest BCUT2D eigenvalue weighted by molar-refractivity contribution is 8.14. The van der Waals surface area contributed by atoms with Crippen LogP contribution in [-0.4, -0.2) is 43.6 Å². The standard InChI is InChI=1S/C12H16N2O2S/c1-14-6-7-17-12(14)13-10-5-4-9(15-2)8-11(10)16-3/h4-5,8H,6-7H2,1-3H3. The monoisotopic (exact) mass is 252 g/mol. The number of hydrogen-bond donors (Lipinski definition) is 0. The van der Waals surface area contributed by atoms with E-state index in [0.29, 0.717) is 0 Å². The summed E-state index contributed by atoms with van der Waals surface area (Å²) in [5.41, 5.74) is 0.838. The van der Waals surface area contributed by atoms with E-state index in [4.69, 9.17) is 9.47 Å². The summed E-state index contributed by atoms with van der Waals surface area (Å²) in [4.78, 5) is 6.76. The van der Waals surface area contributed by atoms with Gasteiger partial charge in [-0.2, -0.15) is 0 Å². The van der Waals surface area contributed by atoms with Crippen LogP contribution in [0.25, 0.3) is 0 Å². The largest absolute Gasteiger partial charge is 0.497 e. The molecule has 0 saturated carbocycles. The number of aliphatic imine (C=N–C) groups is 1. The molecule has 5 heteroatoms. The summed E-state index contributed by atoms with van der Waals surface area (Å²) >= 11 is 1.76. The Kier molecular flexibility index (Phi) is 3.78. The Morgan fingerprint density at radius 2 is 2.12 bits per heavy atom.